The Labute approximate surface area is 119 Å². The van der Waals surface area contributed by atoms with E-state index in [0.29, 0.717) is 19.2 Å². The third-order valence-corrected chi connectivity index (χ3v) is 8.52. The summed E-state index contributed by atoms with van der Waals surface area (Å²) in [6.07, 6.45) is 1.29. The molecule has 7 nitrogen and oxygen atoms in total. The normalized spacial score (nSPS) is 18.8. The van der Waals surface area contributed by atoms with Gasteiger partial charge in [-0.1, -0.05) is 20.8 Å². The third kappa shape index (κ3) is 2.85. The molecule has 0 amide bonds. The number of imidazole rings is 1. The van der Waals surface area contributed by atoms with Crippen LogP contribution in [0.4, 0.5) is 5.82 Å². The van der Waals surface area contributed by atoms with Gasteiger partial charge in [-0.2, -0.15) is 0 Å². The number of nitrogens with zero attached hydrogens (tertiary/aromatic N) is 3. The summed E-state index contributed by atoms with van der Waals surface area (Å²) in [4.78, 5) is 13.9. The second-order valence-corrected chi connectivity index (χ2v) is 11.4. The van der Waals surface area contributed by atoms with E-state index < -0.39 is 13.2 Å². The fraction of sp³-hybridized carbons (Fsp3) is 0.750. The van der Waals surface area contributed by atoms with Gasteiger partial charge in [-0.25, -0.2) is 0 Å². The number of hydrogen-bond donors (Lipinski definition) is 0. The number of hydrogen-bond acceptors (Lipinski definition) is 5. The molecule has 0 N–H and O–H groups in total. The van der Waals surface area contributed by atoms with Crippen molar-refractivity contribution in [1.82, 2.24) is 9.55 Å². The minimum absolute atomic E-state index is 0.118. The highest BCUT2D eigenvalue weighted by Gasteiger charge is 2.39. The van der Waals surface area contributed by atoms with Crippen LogP contribution in [0.15, 0.2) is 6.20 Å². The molecule has 112 valence electrons. The summed E-state index contributed by atoms with van der Waals surface area (Å²) in [7, 11) is -1.80. The molecule has 1 atom stereocenters. The van der Waals surface area contributed by atoms with Gasteiger partial charge in [0.1, 0.15) is 12.3 Å². The molecule has 0 saturated carbocycles. The number of nitro groups is 1. The van der Waals surface area contributed by atoms with Crippen LogP contribution in [0.5, 0.6) is 6.01 Å². The smallest absolute Gasteiger partial charge is 0.414 e. The zero-order chi connectivity index (χ0) is 15.1. The molecule has 0 aromatic carbocycles. The average molecular weight is 299 g/mol. The zero-order valence-corrected chi connectivity index (χ0v) is 13.5. The van der Waals surface area contributed by atoms with Crippen LogP contribution in [0.2, 0.25) is 18.1 Å². The molecule has 0 spiro atoms. The van der Waals surface area contributed by atoms with Gasteiger partial charge in [-0.05, 0) is 23.1 Å². The minimum atomic E-state index is -1.80. The Morgan fingerprint density at radius 1 is 1.60 bits per heavy atom. The van der Waals surface area contributed by atoms with E-state index in [0.717, 1.165) is 0 Å². The van der Waals surface area contributed by atoms with Gasteiger partial charge in [0.2, 0.25) is 0 Å². The van der Waals surface area contributed by atoms with Crippen LogP contribution in [0.25, 0.3) is 0 Å². The molecular formula is C12H21N3O4Si. The Balaban J connectivity index is 1.93. The monoisotopic (exact) mass is 299 g/mol. The summed E-state index contributed by atoms with van der Waals surface area (Å²) < 4.78 is 13.3. The molecule has 0 aliphatic carbocycles. The minimum Gasteiger partial charge on any atom is -0.438 e. The van der Waals surface area contributed by atoms with E-state index in [2.05, 4.69) is 38.8 Å². The Morgan fingerprint density at radius 3 is 2.75 bits per heavy atom. The van der Waals surface area contributed by atoms with Crippen molar-refractivity contribution < 1.29 is 14.1 Å². The Bertz CT molecular complexity index is 498. The maximum Gasteiger partial charge on any atom is 0.414 e. The summed E-state index contributed by atoms with van der Waals surface area (Å²) in [5, 5.41) is 10.8. The summed E-state index contributed by atoms with van der Waals surface area (Å²) in [5.74, 6) is -0.177. The van der Waals surface area contributed by atoms with Gasteiger partial charge in [0.05, 0.1) is 13.2 Å². The van der Waals surface area contributed by atoms with Crippen molar-refractivity contribution in [2.24, 2.45) is 0 Å². The summed E-state index contributed by atoms with van der Waals surface area (Å²) in [6.45, 7) is 12.0. The van der Waals surface area contributed by atoms with Crippen molar-refractivity contribution in [2.45, 2.75) is 51.6 Å². The number of rotatable bonds is 4. The van der Waals surface area contributed by atoms with Crippen LogP contribution < -0.4 is 4.74 Å². The van der Waals surface area contributed by atoms with Crippen LogP contribution in [-0.2, 0) is 11.0 Å². The zero-order valence-electron chi connectivity index (χ0n) is 12.5. The first-order valence-electron chi connectivity index (χ1n) is 6.62. The van der Waals surface area contributed by atoms with Gasteiger partial charge in [-0.3, -0.25) is 4.57 Å². The molecule has 20 heavy (non-hydrogen) atoms. The fourth-order valence-corrected chi connectivity index (χ4v) is 2.74. The highest BCUT2D eigenvalue weighted by Crippen LogP contribution is 2.37. The van der Waals surface area contributed by atoms with Crippen molar-refractivity contribution in [3.8, 4) is 6.01 Å². The maximum absolute atomic E-state index is 10.6. The molecule has 0 fully saturated rings. The van der Waals surface area contributed by atoms with Crippen LogP contribution in [0.3, 0.4) is 0 Å². The lowest BCUT2D eigenvalue weighted by atomic mass is 10.2. The van der Waals surface area contributed by atoms with E-state index in [4.69, 9.17) is 9.16 Å². The molecule has 0 bridgehead atoms. The highest BCUT2D eigenvalue weighted by molar-refractivity contribution is 6.74. The molecule has 0 saturated heterocycles. The van der Waals surface area contributed by atoms with E-state index in [1.54, 1.807) is 4.57 Å². The topological polar surface area (TPSA) is 79.4 Å². The van der Waals surface area contributed by atoms with E-state index in [1.807, 2.05) is 0 Å². The molecule has 2 rings (SSSR count). The first kappa shape index (κ1) is 15.0. The van der Waals surface area contributed by atoms with Gasteiger partial charge in [-0.15, -0.1) is 0 Å². The van der Waals surface area contributed by atoms with Crippen molar-refractivity contribution in [3.63, 3.8) is 0 Å². The van der Waals surface area contributed by atoms with Crippen molar-refractivity contribution in [2.75, 3.05) is 6.61 Å². The quantitative estimate of drug-likeness (QED) is 0.485. The predicted molar refractivity (Wildman–Crippen MR) is 76.4 cm³/mol. The van der Waals surface area contributed by atoms with E-state index in [1.165, 1.54) is 6.20 Å². The molecular weight excluding hydrogens is 278 g/mol. The lowest BCUT2D eigenvalue weighted by Gasteiger charge is -2.36. The average Bonchev–Trinajstić information content (AvgIpc) is 2.81. The first-order valence-corrected chi connectivity index (χ1v) is 9.53. The molecule has 1 aliphatic heterocycles. The Hall–Kier alpha value is -1.41. The van der Waals surface area contributed by atoms with Crippen LogP contribution in [0.1, 0.15) is 20.8 Å². The van der Waals surface area contributed by atoms with Gasteiger partial charge in [0, 0.05) is 4.98 Å². The molecule has 2 heterocycles. The first-order chi connectivity index (χ1) is 9.10. The molecule has 1 unspecified atom stereocenters. The SMILES string of the molecule is CC(C)(C)[Si](C)(C)OCC1Cn2cc([N+](=O)[O-])nc2O1. The van der Waals surface area contributed by atoms with Gasteiger partial charge < -0.3 is 19.3 Å². The second kappa shape index (κ2) is 4.85. The van der Waals surface area contributed by atoms with E-state index >= 15 is 0 Å². The Kier molecular flexibility index (Phi) is 3.63. The number of fused-ring (bicyclic) bond motifs is 1. The summed E-state index contributed by atoms with van der Waals surface area (Å²) in [6, 6.07) is 0.306. The van der Waals surface area contributed by atoms with E-state index in [9.17, 15) is 10.1 Å². The number of ether oxygens (including phenoxy) is 1. The molecule has 0 radical (unpaired) electrons. The molecule has 1 aliphatic rings. The second-order valence-electron chi connectivity index (χ2n) is 6.60. The molecule has 1 aromatic heterocycles. The standard InChI is InChI=1S/C12H21N3O4Si/c1-12(2,3)20(4,5)18-8-9-6-14-7-10(15(16)17)13-11(14)19-9/h7,9H,6,8H2,1-5H3. The van der Waals surface area contributed by atoms with Crippen molar-refractivity contribution in [1.29, 1.82) is 0 Å². The van der Waals surface area contributed by atoms with Gasteiger partial charge >= 0.3 is 11.8 Å². The largest absolute Gasteiger partial charge is 0.438 e. The summed E-state index contributed by atoms with van der Waals surface area (Å²) >= 11 is 0. The van der Waals surface area contributed by atoms with E-state index in [-0.39, 0.29) is 17.0 Å². The highest BCUT2D eigenvalue weighted by atomic mass is 28.4. The molecule has 1 aromatic rings. The third-order valence-electron chi connectivity index (χ3n) is 4.02. The van der Waals surface area contributed by atoms with Crippen molar-refractivity contribution >= 4 is 14.1 Å². The van der Waals surface area contributed by atoms with Crippen LogP contribution in [-0.4, -0.2) is 35.5 Å². The Morgan fingerprint density at radius 2 is 2.25 bits per heavy atom. The lowest BCUT2D eigenvalue weighted by Crippen LogP contribution is -2.43. The lowest BCUT2D eigenvalue weighted by molar-refractivity contribution is -0.389. The number of aromatic nitrogens is 2. The van der Waals surface area contributed by atoms with Crippen LogP contribution in [0, 0.1) is 10.1 Å². The predicted octanol–water partition coefficient (Wildman–Crippen LogP) is 2.57. The summed E-state index contributed by atoms with van der Waals surface area (Å²) in [5.41, 5.74) is 0. The van der Waals surface area contributed by atoms with Crippen molar-refractivity contribution in [3.05, 3.63) is 16.3 Å². The van der Waals surface area contributed by atoms with Gasteiger partial charge in [0.25, 0.3) is 0 Å². The van der Waals surface area contributed by atoms with Gasteiger partial charge in [0.15, 0.2) is 8.32 Å². The fourth-order valence-electron chi connectivity index (χ4n) is 1.71. The van der Waals surface area contributed by atoms with Crippen LogP contribution >= 0.6 is 0 Å². The molecule has 8 heteroatoms. The maximum atomic E-state index is 10.6.